The van der Waals surface area contributed by atoms with Crippen molar-refractivity contribution in [1.82, 2.24) is 0 Å². The summed E-state index contributed by atoms with van der Waals surface area (Å²) in [4.78, 5) is 23.6. The molecule has 0 saturated carbocycles. The fourth-order valence-electron chi connectivity index (χ4n) is 1.11. The van der Waals surface area contributed by atoms with Gasteiger partial charge in [-0.15, -0.1) is 29.3 Å². The maximum atomic E-state index is 11.3. The summed E-state index contributed by atoms with van der Waals surface area (Å²) in [5.41, 5.74) is 0. The molecule has 1 aromatic rings. The lowest BCUT2D eigenvalue weighted by Crippen LogP contribution is -2.04. The van der Waals surface area contributed by atoms with Crippen LogP contribution in [0.5, 0.6) is 5.75 Å². The van der Waals surface area contributed by atoms with Crippen LogP contribution in [-0.4, -0.2) is 37.7 Å². The fourth-order valence-corrected chi connectivity index (χ4v) is 3.02. The maximum absolute atomic E-state index is 11.3. The van der Waals surface area contributed by atoms with Crippen molar-refractivity contribution in [3.63, 3.8) is 0 Å². The first-order valence-corrected chi connectivity index (χ1v) is 7.24. The predicted molar refractivity (Wildman–Crippen MR) is 71.4 cm³/mol. The van der Waals surface area contributed by atoms with E-state index in [0.29, 0.717) is 4.90 Å². The van der Waals surface area contributed by atoms with Gasteiger partial charge >= 0.3 is 11.9 Å². The molecule has 0 heterocycles. The van der Waals surface area contributed by atoms with Gasteiger partial charge in [-0.2, -0.15) is 0 Å². The molecule has 0 unspecified atom stereocenters. The average Bonchev–Trinajstić information content (AvgIpc) is 2.43. The van der Waals surface area contributed by atoms with Crippen molar-refractivity contribution < 1.29 is 24.2 Å². The quantitative estimate of drug-likeness (QED) is 0.579. The lowest BCUT2D eigenvalue weighted by atomic mass is 10.3. The Hall–Kier alpha value is -1.34. The molecule has 0 amide bonds. The van der Waals surface area contributed by atoms with Gasteiger partial charge in [0.2, 0.25) is 0 Å². The van der Waals surface area contributed by atoms with Crippen molar-refractivity contribution in [2.75, 3.05) is 25.7 Å². The van der Waals surface area contributed by atoms with Crippen LogP contribution in [0.4, 0.5) is 0 Å². The molecule has 104 valence electrons. The number of benzene rings is 1. The number of ether oxygens (including phenoxy) is 2. The molecule has 0 saturated heterocycles. The Labute approximate surface area is 119 Å². The maximum Gasteiger partial charge on any atom is 0.315 e. The van der Waals surface area contributed by atoms with Gasteiger partial charge in [0, 0.05) is 9.79 Å². The first kappa shape index (κ1) is 15.7. The van der Waals surface area contributed by atoms with Crippen LogP contribution in [-0.2, 0) is 19.1 Å². The van der Waals surface area contributed by atoms with Crippen molar-refractivity contribution in [2.45, 2.75) is 9.79 Å². The zero-order valence-electron chi connectivity index (χ0n) is 10.5. The third kappa shape index (κ3) is 5.44. The third-order valence-corrected chi connectivity index (χ3v) is 4.27. The van der Waals surface area contributed by atoms with Gasteiger partial charge in [0.25, 0.3) is 0 Å². The van der Waals surface area contributed by atoms with E-state index in [-0.39, 0.29) is 29.2 Å². The van der Waals surface area contributed by atoms with Gasteiger partial charge < -0.3 is 14.6 Å². The number of hydrogen-bond acceptors (Lipinski definition) is 7. The van der Waals surface area contributed by atoms with Gasteiger partial charge in [0.1, 0.15) is 0 Å². The summed E-state index contributed by atoms with van der Waals surface area (Å²) < 4.78 is 9.09. The van der Waals surface area contributed by atoms with Gasteiger partial charge in [0.15, 0.2) is 0 Å². The molecule has 0 radical (unpaired) electrons. The molecule has 1 rings (SSSR count). The predicted octanol–water partition coefficient (Wildman–Crippen LogP) is 1.29. The lowest BCUT2D eigenvalue weighted by Gasteiger charge is -2.12. The molecule has 0 bridgehead atoms. The van der Waals surface area contributed by atoms with Crippen molar-refractivity contribution in [3.8, 4) is 5.75 Å². The van der Waals surface area contributed by atoms with Gasteiger partial charge in [-0.1, -0.05) is 12.1 Å². The van der Waals surface area contributed by atoms with Gasteiger partial charge in [-0.25, -0.2) is 0 Å². The Kier molecular flexibility index (Phi) is 6.58. The van der Waals surface area contributed by atoms with E-state index in [4.69, 9.17) is 0 Å². The highest BCUT2D eigenvalue weighted by atomic mass is 32.2. The van der Waals surface area contributed by atoms with Crippen LogP contribution in [0, 0.1) is 0 Å². The van der Waals surface area contributed by atoms with Crippen molar-refractivity contribution in [3.05, 3.63) is 18.2 Å². The second-order valence-corrected chi connectivity index (χ2v) is 5.37. The number of carbonyl (C=O) groups is 2. The summed E-state index contributed by atoms with van der Waals surface area (Å²) in [5, 5.41) is 11.3. The van der Waals surface area contributed by atoms with Crippen LogP contribution in [0.3, 0.4) is 0 Å². The summed E-state index contributed by atoms with van der Waals surface area (Å²) >= 11 is 2.47. The molecule has 0 N–H and O–H groups in total. The van der Waals surface area contributed by atoms with E-state index in [0.717, 1.165) is 4.90 Å². The van der Waals surface area contributed by atoms with Gasteiger partial charge in [0.05, 0.1) is 25.7 Å². The Bertz CT molecular complexity index is 461. The molecule has 19 heavy (non-hydrogen) atoms. The molecule has 0 aliphatic carbocycles. The topological polar surface area (TPSA) is 75.7 Å². The molecule has 7 heteroatoms. The minimum atomic E-state index is -0.370. The first-order valence-electron chi connectivity index (χ1n) is 5.27. The van der Waals surface area contributed by atoms with E-state index in [2.05, 4.69) is 9.47 Å². The summed E-state index contributed by atoms with van der Waals surface area (Å²) in [5.74, 6) is -0.591. The third-order valence-electron chi connectivity index (χ3n) is 2.06. The standard InChI is InChI=1S/C12H14O5S2/c1-16-11(14)6-18-9-4-3-8(13)5-10(9)19-7-12(15)17-2/h3-5,13H,6-7H2,1-2H3/p-1. The molecule has 0 spiro atoms. The highest BCUT2D eigenvalue weighted by Crippen LogP contribution is 2.33. The van der Waals surface area contributed by atoms with Crippen LogP contribution in [0.1, 0.15) is 0 Å². The number of thioether (sulfide) groups is 2. The molecule has 0 aliphatic heterocycles. The number of hydrogen-bond donors (Lipinski definition) is 0. The summed E-state index contributed by atoms with van der Waals surface area (Å²) in [6.45, 7) is 0. The molecule has 1 aromatic carbocycles. The Morgan fingerprint density at radius 1 is 1.05 bits per heavy atom. The largest absolute Gasteiger partial charge is 0.872 e. The number of methoxy groups -OCH3 is 2. The van der Waals surface area contributed by atoms with Crippen molar-refractivity contribution in [1.29, 1.82) is 0 Å². The Morgan fingerprint density at radius 3 is 2.11 bits per heavy atom. The second-order valence-electron chi connectivity index (χ2n) is 3.34. The van der Waals surface area contributed by atoms with Crippen LogP contribution < -0.4 is 5.11 Å². The van der Waals surface area contributed by atoms with Crippen LogP contribution >= 0.6 is 23.5 Å². The monoisotopic (exact) mass is 301 g/mol. The molecule has 5 nitrogen and oxygen atoms in total. The molecule has 0 atom stereocenters. The molecular weight excluding hydrogens is 288 g/mol. The van der Waals surface area contributed by atoms with E-state index in [1.807, 2.05) is 0 Å². The highest BCUT2D eigenvalue weighted by molar-refractivity contribution is 8.03. The summed E-state index contributed by atoms with van der Waals surface area (Å²) in [6.07, 6.45) is 0. The number of carbonyl (C=O) groups excluding carboxylic acids is 2. The minimum Gasteiger partial charge on any atom is -0.872 e. The highest BCUT2D eigenvalue weighted by Gasteiger charge is 2.09. The van der Waals surface area contributed by atoms with Crippen molar-refractivity contribution in [2.24, 2.45) is 0 Å². The number of rotatable bonds is 6. The molecule has 0 aromatic heterocycles. The summed E-state index contributed by atoms with van der Waals surface area (Å²) in [7, 11) is 2.62. The van der Waals surface area contributed by atoms with E-state index >= 15 is 0 Å². The molecule has 0 fully saturated rings. The van der Waals surface area contributed by atoms with Crippen LogP contribution in [0.25, 0.3) is 0 Å². The average molecular weight is 301 g/mol. The lowest BCUT2D eigenvalue weighted by molar-refractivity contribution is -0.268. The number of esters is 2. The zero-order chi connectivity index (χ0) is 14.3. The van der Waals surface area contributed by atoms with Crippen LogP contribution in [0.15, 0.2) is 28.0 Å². The van der Waals surface area contributed by atoms with E-state index in [9.17, 15) is 14.7 Å². The van der Waals surface area contributed by atoms with E-state index in [1.165, 1.54) is 49.9 Å². The Balaban J connectivity index is 2.73. The molecular formula is C12H13O5S2-. The van der Waals surface area contributed by atoms with Gasteiger partial charge in [-0.05, 0) is 6.07 Å². The second kappa shape index (κ2) is 7.96. The SMILES string of the molecule is COC(=O)CSc1ccc([O-])cc1SCC(=O)OC. The Morgan fingerprint density at radius 2 is 1.58 bits per heavy atom. The summed E-state index contributed by atoms with van der Waals surface area (Å²) in [6, 6.07) is 4.49. The normalized spacial score (nSPS) is 10.0. The van der Waals surface area contributed by atoms with Crippen LogP contribution in [0.2, 0.25) is 0 Å². The zero-order valence-corrected chi connectivity index (χ0v) is 12.1. The first-order chi connectivity index (χ1) is 9.06. The van der Waals surface area contributed by atoms with Crippen molar-refractivity contribution >= 4 is 35.5 Å². The smallest absolute Gasteiger partial charge is 0.315 e. The van der Waals surface area contributed by atoms with E-state index in [1.54, 1.807) is 6.07 Å². The fraction of sp³-hybridized carbons (Fsp3) is 0.333. The molecule has 0 aliphatic rings. The van der Waals surface area contributed by atoms with Gasteiger partial charge in [-0.3, -0.25) is 9.59 Å². The van der Waals surface area contributed by atoms with E-state index < -0.39 is 0 Å². The minimum absolute atomic E-state index is 0.117.